The summed E-state index contributed by atoms with van der Waals surface area (Å²) >= 11 is 0. The molecule has 2 unspecified atom stereocenters. The smallest absolute Gasteiger partial charge is 0.295 e. The highest BCUT2D eigenvalue weighted by Gasteiger charge is 2.22. The van der Waals surface area contributed by atoms with Crippen LogP contribution in [0.3, 0.4) is 0 Å². The lowest BCUT2D eigenvalue weighted by Crippen LogP contribution is -2.37. The number of nitrogens with one attached hydrogen (secondary N) is 4. The van der Waals surface area contributed by atoms with E-state index in [-0.39, 0.29) is 110 Å². The topological polar surface area (TPSA) is 471 Å². The standard InChI is InChI=1S/C36H52N12O18S4/c49-13-1-11-47(19-27(53)21-51)35-43-31(37-9-15-67(55,56)57)41-33(45-35)39-25-7-5-23(29(17-25)69(61,62)63)3-4-24-6-8-26(18-30(24)70(64,65)66)40-34-42-32(38-10-16-68(58,59)60)44-36(46-34)48(12-2-14-50)20-28(54)22-52/h3-8,17-18,27-28,49-54H,1-2,9-16,19-22H2,(H,55,56,57)(H,58,59,60)(H,61,62,63)(H,64,65,66)(H2,37,39,41,43,45)(H2,38,40,42,44,46)/b4-3+. The Bertz CT molecular complexity index is 2690. The van der Waals surface area contributed by atoms with Crippen LogP contribution in [0.15, 0.2) is 46.2 Å². The van der Waals surface area contributed by atoms with Gasteiger partial charge in [-0.25, -0.2) is 0 Å². The molecule has 0 radical (unpaired) electrons. The fourth-order valence-corrected chi connectivity index (χ4v) is 8.08. The SMILES string of the molecule is O=S(=O)(O)CCNc1nc(Nc2ccc(/C=C/c3ccc(Nc4nc(NCCS(=O)(=O)O)nc(N(CCCO)CC(O)CO)n4)cc3S(=O)(=O)O)c(S(=O)(=O)O)c2)nc(N(CCCO)CC(O)CO)n1. The van der Waals surface area contributed by atoms with Crippen molar-refractivity contribution in [3.8, 4) is 0 Å². The first-order valence-electron chi connectivity index (χ1n) is 20.5. The number of aliphatic hydroxyl groups is 6. The lowest BCUT2D eigenvalue weighted by atomic mass is 10.1. The number of benzene rings is 2. The average Bonchev–Trinajstić information content (AvgIpc) is 3.27. The second-order valence-electron chi connectivity index (χ2n) is 14.7. The van der Waals surface area contributed by atoms with Crippen molar-refractivity contribution in [1.29, 1.82) is 0 Å². The molecule has 0 amide bonds. The molecule has 34 heteroatoms. The Morgan fingerprint density at radius 1 is 0.529 bits per heavy atom. The number of aliphatic hydroxyl groups excluding tert-OH is 6. The van der Waals surface area contributed by atoms with Gasteiger partial charge in [0.15, 0.2) is 0 Å². The van der Waals surface area contributed by atoms with Crippen molar-refractivity contribution in [3.63, 3.8) is 0 Å². The minimum atomic E-state index is -5.06. The van der Waals surface area contributed by atoms with Gasteiger partial charge in [0.05, 0.1) is 36.9 Å². The summed E-state index contributed by atoms with van der Waals surface area (Å²) in [5.74, 6) is -2.98. The monoisotopic (exact) mass is 1070 g/mol. The number of nitrogens with zero attached hydrogens (tertiary/aromatic N) is 8. The number of hydrogen-bond donors (Lipinski definition) is 14. The minimum Gasteiger partial charge on any atom is -0.396 e. The highest BCUT2D eigenvalue weighted by Crippen LogP contribution is 2.29. The van der Waals surface area contributed by atoms with E-state index in [0.717, 1.165) is 24.3 Å². The lowest BCUT2D eigenvalue weighted by molar-refractivity contribution is 0.0992. The molecule has 70 heavy (non-hydrogen) atoms. The van der Waals surface area contributed by atoms with E-state index >= 15 is 0 Å². The van der Waals surface area contributed by atoms with E-state index in [0.29, 0.717) is 0 Å². The Kier molecular flexibility index (Phi) is 20.8. The molecule has 2 heterocycles. The zero-order valence-corrected chi connectivity index (χ0v) is 39.9. The molecule has 0 aliphatic carbocycles. The molecule has 388 valence electrons. The molecule has 0 aliphatic heterocycles. The second kappa shape index (κ2) is 25.5. The predicted octanol–water partition coefficient (Wildman–Crippen LogP) is -2.11. The van der Waals surface area contributed by atoms with Crippen molar-refractivity contribution < 1.29 is 82.5 Å². The first-order chi connectivity index (χ1) is 32.8. The molecule has 4 aromatic rings. The molecular formula is C36H52N12O18S4. The molecular weight excluding hydrogens is 1020 g/mol. The predicted molar refractivity (Wildman–Crippen MR) is 251 cm³/mol. The number of rotatable bonds is 30. The zero-order chi connectivity index (χ0) is 51.9. The Morgan fingerprint density at radius 3 is 1.20 bits per heavy atom. The van der Waals surface area contributed by atoms with E-state index in [1.165, 1.54) is 34.1 Å². The summed E-state index contributed by atoms with van der Waals surface area (Å²) in [7, 11) is -19.0. The van der Waals surface area contributed by atoms with Crippen LogP contribution in [0.4, 0.5) is 47.1 Å². The summed E-state index contributed by atoms with van der Waals surface area (Å²) < 4.78 is 135. The maximum absolute atomic E-state index is 12.7. The van der Waals surface area contributed by atoms with Crippen molar-refractivity contribution >= 4 is 99.7 Å². The molecule has 2 atom stereocenters. The van der Waals surface area contributed by atoms with Crippen molar-refractivity contribution in [2.45, 2.75) is 34.8 Å². The van der Waals surface area contributed by atoms with E-state index in [2.05, 4.69) is 51.2 Å². The van der Waals surface area contributed by atoms with Crippen LogP contribution in [0.5, 0.6) is 0 Å². The van der Waals surface area contributed by atoms with Gasteiger partial charge in [0, 0.05) is 63.9 Å². The Hall–Kier alpha value is -5.60. The van der Waals surface area contributed by atoms with Crippen LogP contribution < -0.4 is 31.1 Å². The van der Waals surface area contributed by atoms with E-state index in [1.54, 1.807) is 0 Å². The third-order valence-corrected chi connectivity index (χ3v) is 12.4. The van der Waals surface area contributed by atoms with Gasteiger partial charge in [-0.05, 0) is 48.2 Å². The van der Waals surface area contributed by atoms with Crippen LogP contribution in [0, 0.1) is 0 Å². The Labute approximate surface area is 401 Å². The van der Waals surface area contributed by atoms with Gasteiger partial charge >= 0.3 is 0 Å². The third-order valence-electron chi connectivity index (χ3n) is 9.09. The number of aromatic nitrogens is 6. The number of anilines is 8. The normalized spacial score (nSPS) is 13.2. The van der Waals surface area contributed by atoms with Crippen LogP contribution in [0.25, 0.3) is 12.2 Å². The van der Waals surface area contributed by atoms with Crippen molar-refractivity contribution in [2.24, 2.45) is 0 Å². The van der Waals surface area contributed by atoms with Crippen LogP contribution in [-0.4, -0.2) is 202 Å². The molecule has 30 nitrogen and oxygen atoms in total. The van der Waals surface area contributed by atoms with E-state index in [9.17, 15) is 82.5 Å². The Balaban J connectivity index is 1.72. The molecule has 14 N–H and O–H groups in total. The van der Waals surface area contributed by atoms with Crippen molar-refractivity contribution in [2.75, 3.05) is 108 Å². The molecule has 2 aromatic heterocycles. The van der Waals surface area contributed by atoms with E-state index < -0.39 is 100 Å². The van der Waals surface area contributed by atoms with Crippen LogP contribution in [-0.2, 0) is 40.5 Å². The first-order valence-corrected chi connectivity index (χ1v) is 26.6. The molecule has 4 rings (SSSR count). The summed E-state index contributed by atoms with van der Waals surface area (Å²) in [6.07, 6.45) is -0.107. The number of hydrogen-bond acceptors (Lipinski definition) is 26. The fourth-order valence-electron chi connectivity index (χ4n) is 5.94. The van der Waals surface area contributed by atoms with Crippen LogP contribution in [0.1, 0.15) is 24.0 Å². The first kappa shape index (κ1) is 57.0. The van der Waals surface area contributed by atoms with Gasteiger partial charge in [-0.1, -0.05) is 24.3 Å². The molecule has 2 aromatic carbocycles. The maximum atomic E-state index is 12.7. The fraction of sp³-hybridized carbons (Fsp3) is 0.444. The molecule has 0 spiro atoms. The van der Waals surface area contributed by atoms with E-state index in [1.807, 2.05) is 0 Å². The lowest BCUT2D eigenvalue weighted by Gasteiger charge is -2.25. The van der Waals surface area contributed by atoms with Gasteiger partial charge in [-0.3, -0.25) is 18.2 Å². The van der Waals surface area contributed by atoms with Gasteiger partial charge < -0.3 is 61.7 Å². The molecule has 0 fully saturated rings. The highest BCUT2D eigenvalue weighted by atomic mass is 32.2. The quantitative estimate of drug-likeness (QED) is 0.0196. The average molecular weight is 1070 g/mol. The van der Waals surface area contributed by atoms with Crippen molar-refractivity contribution in [3.05, 3.63) is 47.5 Å². The molecule has 0 saturated carbocycles. The summed E-state index contributed by atoms with van der Waals surface area (Å²) in [5, 5.41) is 68.7. The van der Waals surface area contributed by atoms with E-state index in [4.69, 9.17) is 0 Å². The maximum Gasteiger partial charge on any atom is 0.295 e. The third kappa shape index (κ3) is 19.0. The van der Waals surface area contributed by atoms with Crippen LogP contribution in [0.2, 0.25) is 0 Å². The second-order valence-corrected chi connectivity index (χ2v) is 20.7. The van der Waals surface area contributed by atoms with Crippen molar-refractivity contribution in [1.82, 2.24) is 29.9 Å². The Morgan fingerprint density at radius 2 is 0.886 bits per heavy atom. The highest BCUT2D eigenvalue weighted by molar-refractivity contribution is 7.86. The summed E-state index contributed by atoms with van der Waals surface area (Å²) in [4.78, 5) is 26.5. The molecule has 0 bridgehead atoms. The summed E-state index contributed by atoms with van der Waals surface area (Å²) in [5.41, 5.74) is -0.567. The molecule has 0 aliphatic rings. The minimum absolute atomic E-state index is 0.0430. The van der Waals surface area contributed by atoms with Crippen LogP contribution >= 0.6 is 0 Å². The van der Waals surface area contributed by atoms with Gasteiger partial charge in [0.1, 0.15) is 9.79 Å². The van der Waals surface area contributed by atoms with Gasteiger partial charge in [0.25, 0.3) is 40.5 Å². The summed E-state index contributed by atoms with van der Waals surface area (Å²) in [6, 6.07) is 6.86. The molecule has 0 saturated heterocycles. The van der Waals surface area contributed by atoms with Gasteiger partial charge in [-0.2, -0.15) is 63.6 Å². The largest absolute Gasteiger partial charge is 0.396 e. The summed E-state index contributed by atoms with van der Waals surface area (Å²) in [6.45, 7) is -3.09. The van der Waals surface area contributed by atoms with Gasteiger partial charge in [-0.15, -0.1) is 0 Å². The van der Waals surface area contributed by atoms with Gasteiger partial charge in [0.2, 0.25) is 35.7 Å². The zero-order valence-electron chi connectivity index (χ0n) is 36.6.